The summed E-state index contributed by atoms with van der Waals surface area (Å²) in [6.45, 7) is 2.17. The number of benzene rings is 2. The normalized spacial score (nSPS) is 23.1. The van der Waals surface area contributed by atoms with Crippen LogP contribution in [-0.4, -0.2) is 12.6 Å². The largest absolute Gasteiger partial charge is 0.462 e. The van der Waals surface area contributed by atoms with E-state index in [1.807, 2.05) is 37.3 Å². The van der Waals surface area contributed by atoms with E-state index in [4.69, 9.17) is 27.9 Å². The Balaban J connectivity index is 1.80. The molecule has 2 aromatic carbocycles. The van der Waals surface area contributed by atoms with Crippen molar-refractivity contribution in [1.82, 2.24) is 0 Å². The van der Waals surface area contributed by atoms with E-state index in [1.165, 1.54) is 0 Å². The molecular formula is C21H19Cl2NO2. The van der Waals surface area contributed by atoms with E-state index >= 15 is 0 Å². The van der Waals surface area contributed by atoms with E-state index in [0.29, 0.717) is 28.1 Å². The zero-order valence-electron chi connectivity index (χ0n) is 14.3. The molecule has 0 bridgehead atoms. The molecule has 3 atom stereocenters. The second-order valence-corrected chi connectivity index (χ2v) is 7.45. The van der Waals surface area contributed by atoms with Crippen LogP contribution in [0.4, 0.5) is 5.69 Å². The lowest BCUT2D eigenvalue weighted by Crippen LogP contribution is -2.30. The Morgan fingerprint density at radius 3 is 2.85 bits per heavy atom. The van der Waals surface area contributed by atoms with Crippen LogP contribution in [0.25, 0.3) is 0 Å². The van der Waals surface area contributed by atoms with Crippen LogP contribution in [0.5, 0.6) is 0 Å². The van der Waals surface area contributed by atoms with Gasteiger partial charge in [0, 0.05) is 5.92 Å². The van der Waals surface area contributed by atoms with Gasteiger partial charge in [-0.1, -0.05) is 53.6 Å². The van der Waals surface area contributed by atoms with Crippen LogP contribution in [0.1, 0.15) is 46.8 Å². The molecular weight excluding hydrogens is 369 g/mol. The SMILES string of the molecule is CCOC(=O)c1cccc2c1N[C@H](c1ccc(Cl)c(Cl)c1)[C@H]1CC=C[C@H]21. The van der Waals surface area contributed by atoms with Crippen LogP contribution in [0.2, 0.25) is 10.0 Å². The molecule has 3 nitrogen and oxygen atoms in total. The number of carbonyl (C=O) groups excluding carboxylic acids is 1. The summed E-state index contributed by atoms with van der Waals surface area (Å²) in [7, 11) is 0. The highest BCUT2D eigenvalue weighted by Crippen LogP contribution is 2.51. The van der Waals surface area contributed by atoms with Gasteiger partial charge in [-0.15, -0.1) is 0 Å². The fraction of sp³-hybridized carbons (Fsp3) is 0.286. The highest BCUT2D eigenvalue weighted by molar-refractivity contribution is 6.42. The second-order valence-electron chi connectivity index (χ2n) is 6.64. The first-order chi connectivity index (χ1) is 12.6. The van der Waals surface area contributed by atoms with Gasteiger partial charge < -0.3 is 10.1 Å². The van der Waals surface area contributed by atoms with Crippen LogP contribution >= 0.6 is 23.2 Å². The summed E-state index contributed by atoms with van der Waals surface area (Å²) in [6.07, 6.45) is 5.43. The number of carbonyl (C=O) groups is 1. The van der Waals surface area contributed by atoms with E-state index < -0.39 is 0 Å². The molecule has 1 heterocycles. The highest BCUT2D eigenvalue weighted by atomic mass is 35.5. The summed E-state index contributed by atoms with van der Waals surface area (Å²) in [5.41, 5.74) is 3.65. The van der Waals surface area contributed by atoms with Crippen molar-refractivity contribution in [3.63, 3.8) is 0 Å². The molecule has 1 aliphatic heterocycles. The van der Waals surface area contributed by atoms with E-state index in [9.17, 15) is 4.79 Å². The number of hydrogen-bond donors (Lipinski definition) is 1. The first kappa shape index (κ1) is 17.4. The Kier molecular flexibility index (Phi) is 4.68. The van der Waals surface area contributed by atoms with Gasteiger partial charge in [0.2, 0.25) is 0 Å². The van der Waals surface area contributed by atoms with Crippen molar-refractivity contribution in [3.05, 3.63) is 75.3 Å². The van der Waals surface area contributed by atoms with Crippen LogP contribution in [-0.2, 0) is 4.74 Å². The molecule has 0 saturated carbocycles. The maximum atomic E-state index is 12.4. The predicted octanol–water partition coefficient (Wildman–Crippen LogP) is 6.00. The van der Waals surface area contributed by atoms with E-state index in [-0.39, 0.29) is 17.9 Å². The topological polar surface area (TPSA) is 38.3 Å². The molecule has 0 unspecified atom stereocenters. The van der Waals surface area contributed by atoms with Crippen molar-refractivity contribution in [2.24, 2.45) is 5.92 Å². The molecule has 0 saturated heterocycles. The third-order valence-corrected chi connectivity index (χ3v) is 5.93. The van der Waals surface area contributed by atoms with Crippen molar-refractivity contribution in [2.45, 2.75) is 25.3 Å². The summed E-state index contributed by atoms with van der Waals surface area (Å²) >= 11 is 12.3. The molecule has 2 aliphatic rings. The van der Waals surface area contributed by atoms with Gasteiger partial charge in [-0.3, -0.25) is 0 Å². The number of ether oxygens (including phenoxy) is 1. The number of nitrogens with one attached hydrogen (secondary N) is 1. The zero-order chi connectivity index (χ0) is 18.3. The Hall–Kier alpha value is -1.97. The van der Waals surface area contributed by atoms with Gasteiger partial charge in [0.15, 0.2) is 0 Å². The minimum Gasteiger partial charge on any atom is -0.462 e. The molecule has 134 valence electrons. The van der Waals surface area contributed by atoms with Gasteiger partial charge in [-0.05, 0) is 48.6 Å². The summed E-state index contributed by atoms with van der Waals surface area (Å²) in [5, 5.41) is 4.68. The number of anilines is 1. The first-order valence-corrected chi connectivity index (χ1v) is 9.54. The van der Waals surface area contributed by atoms with E-state index in [2.05, 4.69) is 23.5 Å². The number of rotatable bonds is 3. The van der Waals surface area contributed by atoms with Gasteiger partial charge in [0.1, 0.15) is 0 Å². The molecule has 0 radical (unpaired) electrons. The van der Waals surface area contributed by atoms with Gasteiger partial charge in [-0.25, -0.2) is 4.79 Å². The van der Waals surface area contributed by atoms with Crippen molar-refractivity contribution < 1.29 is 9.53 Å². The van der Waals surface area contributed by atoms with Crippen molar-refractivity contribution in [3.8, 4) is 0 Å². The Morgan fingerprint density at radius 2 is 2.08 bits per heavy atom. The van der Waals surface area contributed by atoms with Gasteiger partial charge in [-0.2, -0.15) is 0 Å². The smallest absolute Gasteiger partial charge is 0.340 e. The molecule has 0 amide bonds. The molecule has 26 heavy (non-hydrogen) atoms. The van der Waals surface area contributed by atoms with Crippen LogP contribution in [0.3, 0.4) is 0 Å². The first-order valence-electron chi connectivity index (χ1n) is 8.78. The molecule has 0 fully saturated rings. The van der Waals surface area contributed by atoms with Crippen LogP contribution in [0, 0.1) is 5.92 Å². The monoisotopic (exact) mass is 387 g/mol. The lowest BCUT2D eigenvalue weighted by Gasteiger charge is -2.38. The molecule has 4 rings (SSSR count). The maximum absolute atomic E-state index is 12.4. The Labute approximate surface area is 163 Å². The third kappa shape index (κ3) is 2.89. The minimum atomic E-state index is -0.301. The number of halogens is 2. The van der Waals surface area contributed by atoms with Crippen molar-refractivity contribution >= 4 is 34.9 Å². The van der Waals surface area contributed by atoms with Crippen LogP contribution in [0.15, 0.2) is 48.6 Å². The number of hydrogen-bond acceptors (Lipinski definition) is 3. The van der Waals surface area contributed by atoms with E-state index in [1.54, 1.807) is 0 Å². The molecule has 2 aromatic rings. The van der Waals surface area contributed by atoms with Crippen molar-refractivity contribution in [1.29, 1.82) is 0 Å². The summed E-state index contributed by atoms with van der Waals surface area (Å²) < 4.78 is 5.25. The molecule has 0 aromatic heterocycles. The fourth-order valence-electron chi connectivity index (χ4n) is 4.04. The van der Waals surface area contributed by atoms with E-state index in [0.717, 1.165) is 23.2 Å². The molecule has 0 spiro atoms. The summed E-state index contributed by atoms with van der Waals surface area (Å²) in [5.74, 6) is 0.336. The number of allylic oxidation sites excluding steroid dienone is 2. The fourth-order valence-corrected chi connectivity index (χ4v) is 4.34. The molecule has 1 aliphatic carbocycles. The zero-order valence-corrected chi connectivity index (χ0v) is 15.8. The van der Waals surface area contributed by atoms with Gasteiger partial charge >= 0.3 is 5.97 Å². The average molecular weight is 388 g/mol. The minimum absolute atomic E-state index is 0.0489. The number of para-hydroxylation sites is 1. The Bertz CT molecular complexity index is 894. The summed E-state index contributed by atoms with van der Waals surface area (Å²) in [4.78, 5) is 12.4. The lowest BCUT2D eigenvalue weighted by molar-refractivity contribution is 0.0527. The average Bonchev–Trinajstić information content (AvgIpc) is 3.13. The van der Waals surface area contributed by atoms with Gasteiger partial charge in [0.25, 0.3) is 0 Å². The lowest BCUT2D eigenvalue weighted by atomic mass is 9.76. The third-order valence-electron chi connectivity index (χ3n) is 5.19. The standard InChI is InChI=1S/C21H19Cl2NO2/c1-2-26-21(25)16-8-4-7-15-13-5-3-6-14(13)19(24-20(15)16)12-9-10-17(22)18(23)11-12/h3-5,7-11,13-14,19,24H,2,6H2,1H3/t13-,14-,19+/m0/s1. The molecule has 1 N–H and O–H groups in total. The van der Waals surface area contributed by atoms with Crippen molar-refractivity contribution in [2.75, 3.05) is 11.9 Å². The molecule has 5 heteroatoms. The second kappa shape index (κ2) is 6.98. The highest BCUT2D eigenvalue weighted by Gasteiger charge is 2.39. The summed E-state index contributed by atoms with van der Waals surface area (Å²) in [6, 6.07) is 11.6. The van der Waals surface area contributed by atoms with Crippen LogP contribution < -0.4 is 5.32 Å². The number of fused-ring (bicyclic) bond motifs is 3. The quantitative estimate of drug-likeness (QED) is 0.518. The predicted molar refractivity (Wildman–Crippen MR) is 105 cm³/mol. The number of esters is 1. The Morgan fingerprint density at radius 1 is 1.23 bits per heavy atom. The van der Waals surface area contributed by atoms with Gasteiger partial charge in [0.05, 0.1) is 33.9 Å². The maximum Gasteiger partial charge on any atom is 0.340 e.